The maximum absolute atomic E-state index is 12.3. The number of carbonyl (C=O) groups excluding carboxylic acids is 3. The highest BCUT2D eigenvalue weighted by atomic mass is 32.2. The van der Waals surface area contributed by atoms with Gasteiger partial charge in [-0.1, -0.05) is 23.1 Å². The first kappa shape index (κ1) is 20.6. The second-order valence-corrected chi connectivity index (χ2v) is 8.13. The zero-order valence-electron chi connectivity index (χ0n) is 15.5. The van der Waals surface area contributed by atoms with Crippen molar-refractivity contribution >= 4 is 51.6 Å². The molecule has 0 atom stereocenters. The number of hydrogen-bond acceptors (Lipinski definition) is 8. The second kappa shape index (κ2) is 8.88. The summed E-state index contributed by atoms with van der Waals surface area (Å²) in [6.07, 6.45) is 0. The Balaban J connectivity index is 1.51. The summed E-state index contributed by atoms with van der Waals surface area (Å²) in [5.74, 6) is 0.184. The molecule has 0 fully saturated rings. The predicted molar refractivity (Wildman–Crippen MR) is 110 cm³/mol. The number of nitrogens with two attached hydrogens (primary N) is 1. The molecule has 2 heterocycles. The van der Waals surface area contributed by atoms with E-state index >= 15 is 0 Å². The van der Waals surface area contributed by atoms with Crippen molar-refractivity contribution in [3.05, 3.63) is 53.0 Å². The van der Waals surface area contributed by atoms with Crippen LogP contribution in [0.2, 0.25) is 0 Å². The Bertz CT molecular complexity index is 1060. The molecular weight excluding hydrogens is 414 g/mol. The Morgan fingerprint density at radius 1 is 1.14 bits per heavy atom. The van der Waals surface area contributed by atoms with Crippen LogP contribution in [0.4, 0.5) is 10.8 Å². The fourth-order valence-electron chi connectivity index (χ4n) is 2.38. The number of amides is 3. The second-order valence-electron chi connectivity index (χ2n) is 5.93. The van der Waals surface area contributed by atoms with Crippen molar-refractivity contribution in [1.82, 2.24) is 10.2 Å². The van der Waals surface area contributed by atoms with Gasteiger partial charge in [-0.05, 0) is 44.2 Å². The summed E-state index contributed by atoms with van der Waals surface area (Å²) in [5.41, 5.74) is 6.53. The Hall–Kier alpha value is -3.18. The quantitative estimate of drug-likeness (QED) is 0.386. The normalized spacial score (nSPS) is 10.6. The van der Waals surface area contributed by atoms with Crippen LogP contribution in [0.1, 0.15) is 32.2 Å². The molecule has 0 aliphatic rings. The molecule has 11 heteroatoms. The first-order chi connectivity index (χ1) is 13.8. The first-order valence-corrected chi connectivity index (χ1v) is 10.2. The number of nitrogens with one attached hydrogen (secondary N) is 2. The minimum Gasteiger partial charge on any atom is -0.466 e. The maximum atomic E-state index is 12.3. The molecule has 4 N–H and O–H groups in total. The van der Waals surface area contributed by atoms with Gasteiger partial charge in [0.2, 0.25) is 16.9 Å². The van der Waals surface area contributed by atoms with Crippen LogP contribution in [-0.2, 0) is 4.79 Å². The Morgan fingerprint density at radius 3 is 2.48 bits per heavy atom. The summed E-state index contributed by atoms with van der Waals surface area (Å²) in [6.45, 7) is 3.48. The molecule has 29 heavy (non-hydrogen) atoms. The number of carbonyl (C=O) groups is 3. The van der Waals surface area contributed by atoms with Crippen molar-refractivity contribution in [2.24, 2.45) is 5.73 Å². The van der Waals surface area contributed by atoms with Crippen molar-refractivity contribution in [1.29, 1.82) is 0 Å². The van der Waals surface area contributed by atoms with Crippen LogP contribution in [0.25, 0.3) is 0 Å². The summed E-state index contributed by atoms with van der Waals surface area (Å²) >= 11 is 2.36. The molecule has 3 amide bonds. The largest absolute Gasteiger partial charge is 0.466 e. The molecule has 0 unspecified atom stereocenters. The highest BCUT2D eigenvalue weighted by Crippen LogP contribution is 2.26. The van der Waals surface area contributed by atoms with Gasteiger partial charge in [0, 0.05) is 11.3 Å². The van der Waals surface area contributed by atoms with Crippen molar-refractivity contribution < 1.29 is 18.8 Å². The Kier molecular flexibility index (Phi) is 6.29. The number of aryl methyl sites for hydroxylation is 2. The minimum absolute atomic E-state index is 0.111. The van der Waals surface area contributed by atoms with Gasteiger partial charge in [-0.15, -0.1) is 10.2 Å². The molecule has 0 bridgehead atoms. The van der Waals surface area contributed by atoms with Gasteiger partial charge in [-0.25, -0.2) is 0 Å². The summed E-state index contributed by atoms with van der Waals surface area (Å²) < 4.78 is 5.89. The number of nitrogens with zero attached hydrogens (tertiary/aromatic N) is 2. The molecule has 1 aromatic carbocycles. The molecule has 0 saturated carbocycles. The number of rotatable bonds is 7. The molecule has 0 aliphatic heterocycles. The lowest BCUT2D eigenvalue weighted by molar-refractivity contribution is -0.113. The van der Waals surface area contributed by atoms with Crippen molar-refractivity contribution in [2.75, 3.05) is 16.4 Å². The fraction of sp³-hybridized carbons (Fsp3) is 0.167. The van der Waals surface area contributed by atoms with Gasteiger partial charge >= 0.3 is 0 Å². The Labute approximate surface area is 174 Å². The number of anilines is 2. The zero-order valence-corrected chi connectivity index (χ0v) is 17.1. The van der Waals surface area contributed by atoms with E-state index in [-0.39, 0.29) is 17.6 Å². The smallest absolute Gasteiger partial charge is 0.261 e. The molecule has 3 aromatic rings. The lowest BCUT2D eigenvalue weighted by Crippen LogP contribution is -2.14. The van der Waals surface area contributed by atoms with E-state index in [1.165, 1.54) is 35.2 Å². The van der Waals surface area contributed by atoms with E-state index in [4.69, 9.17) is 10.2 Å². The monoisotopic (exact) mass is 431 g/mol. The average molecular weight is 431 g/mol. The number of furan rings is 1. The van der Waals surface area contributed by atoms with E-state index in [0.29, 0.717) is 37.8 Å². The van der Waals surface area contributed by atoms with E-state index in [1.807, 2.05) is 0 Å². The van der Waals surface area contributed by atoms with Crippen LogP contribution in [-0.4, -0.2) is 33.7 Å². The van der Waals surface area contributed by atoms with Gasteiger partial charge in [-0.2, -0.15) is 0 Å². The van der Waals surface area contributed by atoms with Crippen molar-refractivity contribution in [3.8, 4) is 0 Å². The van der Waals surface area contributed by atoms with Crippen LogP contribution in [0.15, 0.2) is 39.1 Å². The highest BCUT2D eigenvalue weighted by Gasteiger charge is 2.16. The molecule has 0 saturated heterocycles. The summed E-state index contributed by atoms with van der Waals surface area (Å²) in [6, 6.07) is 7.92. The number of primary amides is 1. The van der Waals surface area contributed by atoms with Crippen LogP contribution >= 0.6 is 23.1 Å². The molecule has 150 valence electrons. The number of benzene rings is 1. The summed E-state index contributed by atoms with van der Waals surface area (Å²) in [7, 11) is 0. The van der Waals surface area contributed by atoms with Gasteiger partial charge in [0.15, 0.2) is 4.34 Å². The molecule has 0 radical (unpaired) electrons. The van der Waals surface area contributed by atoms with Crippen LogP contribution in [0.5, 0.6) is 0 Å². The third-order valence-electron chi connectivity index (χ3n) is 3.69. The highest BCUT2D eigenvalue weighted by molar-refractivity contribution is 8.01. The molecular formula is C18H17N5O4S2. The number of hydrogen-bond donors (Lipinski definition) is 3. The zero-order chi connectivity index (χ0) is 21.0. The van der Waals surface area contributed by atoms with Crippen molar-refractivity contribution in [2.45, 2.75) is 18.2 Å². The predicted octanol–water partition coefficient (Wildman–Crippen LogP) is 2.83. The van der Waals surface area contributed by atoms with Gasteiger partial charge in [0.1, 0.15) is 11.5 Å². The van der Waals surface area contributed by atoms with E-state index in [1.54, 1.807) is 32.0 Å². The van der Waals surface area contributed by atoms with E-state index in [2.05, 4.69) is 20.8 Å². The summed E-state index contributed by atoms with van der Waals surface area (Å²) in [4.78, 5) is 35.4. The SMILES string of the molecule is Cc1cc(C(=O)Nc2nnc(SCC(=O)Nc3ccc(C(N)=O)cc3)s2)c(C)o1. The molecule has 2 aromatic heterocycles. The van der Waals surface area contributed by atoms with Gasteiger partial charge in [0.05, 0.1) is 11.3 Å². The van der Waals surface area contributed by atoms with Gasteiger partial charge in [0.25, 0.3) is 5.91 Å². The summed E-state index contributed by atoms with van der Waals surface area (Å²) in [5, 5.41) is 13.6. The molecule has 0 aliphatic carbocycles. The fourth-order valence-corrected chi connectivity index (χ4v) is 3.93. The van der Waals surface area contributed by atoms with Gasteiger partial charge < -0.3 is 15.5 Å². The van der Waals surface area contributed by atoms with Crippen molar-refractivity contribution in [3.63, 3.8) is 0 Å². The Morgan fingerprint density at radius 2 is 1.86 bits per heavy atom. The van der Waals surface area contributed by atoms with E-state index in [9.17, 15) is 14.4 Å². The van der Waals surface area contributed by atoms with Crippen LogP contribution in [0.3, 0.4) is 0 Å². The third kappa shape index (κ3) is 5.42. The molecule has 3 rings (SSSR count). The topological polar surface area (TPSA) is 140 Å². The maximum Gasteiger partial charge on any atom is 0.261 e. The van der Waals surface area contributed by atoms with Gasteiger partial charge in [-0.3, -0.25) is 19.7 Å². The minimum atomic E-state index is -0.532. The molecule has 9 nitrogen and oxygen atoms in total. The number of aromatic nitrogens is 2. The average Bonchev–Trinajstić information content (AvgIpc) is 3.26. The first-order valence-electron chi connectivity index (χ1n) is 8.36. The third-order valence-corrected chi connectivity index (χ3v) is 5.66. The van der Waals surface area contributed by atoms with Crippen LogP contribution in [0, 0.1) is 13.8 Å². The van der Waals surface area contributed by atoms with Crippen LogP contribution < -0.4 is 16.4 Å². The lowest BCUT2D eigenvalue weighted by atomic mass is 10.2. The standard InChI is InChI=1S/C18H17N5O4S2/c1-9-7-13(10(2)27-9)16(26)21-17-22-23-18(29-17)28-8-14(24)20-12-5-3-11(4-6-12)15(19)25/h3-7H,8H2,1-2H3,(H2,19,25)(H,20,24)(H,21,22,26). The lowest BCUT2D eigenvalue weighted by Gasteiger charge is -2.04. The molecule has 0 spiro atoms. The van der Waals surface area contributed by atoms with E-state index < -0.39 is 5.91 Å². The van der Waals surface area contributed by atoms with E-state index in [0.717, 1.165) is 0 Å². The number of thioether (sulfide) groups is 1.